The van der Waals surface area contributed by atoms with Gasteiger partial charge in [-0.25, -0.2) is 4.99 Å². The minimum atomic E-state index is 0. The topological polar surface area (TPSA) is 24.7 Å². The zero-order valence-electron chi connectivity index (χ0n) is 54.3. The molecule has 2 nitrogen and oxygen atoms in total. The summed E-state index contributed by atoms with van der Waals surface area (Å²) in [7, 11) is 0. The standard InChI is InChI=1S/C77H136N2.Pd/c1-5-8-11-14-17-20-23-26-28-30-32-34-36-38-40-42-44-46-49-52-55-58-63-73-65-61-67-75(70-73)78-72(4)77(69-60-57-54-51-48-25-22-19-16-13-10-7-3)79-76-68-62-66-74(71-76)64-59-56-53-50-47-45-43-41-39-37-35-33-31-29-27-24-21-18-15-12-9-6-2;/h60-62,65-71H,5-59,63-64H2,1-4H3;. The van der Waals surface area contributed by atoms with Gasteiger partial charge < -0.3 is 0 Å². The molecule has 2 rings (SSSR count). The van der Waals surface area contributed by atoms with Crippen molar-refractivity contribution in [3.8, 4) is 0 Å². The molecule has 80 heavy (non-hydrogen) atoms. The molecule has 0 heterocycles. The maximum Gasteiger partial charge on any atom is 0.0845 e. The number of aliphatic imine (C=N–C) groups is 2. The van der Waals surface area contributed by atoms with E-state index < -0.39 is 0 Å². The van der Waals surface area contributed by atoms with E-state index in [4.69, 9.17) is 9.98 Å². The fourth-order valence-electron chi connectivity index (χ4n) is 12.0. The average Bonchev–Trinajstić information content (AvgIpc) is 3.46. The van der Waals surface area contributed by atoms with Gasteiger partial charge in [-0.1, -0.05) is 379 Å². The molecule has 0 N–H and O–H groups in total. The van der Waals surface area contributed by atoms with Crippen LogP contribution in [0.2, 0.25) is 0 Å². The number of hydrogen-bond donors (Lipinski definition) is 0. The Kier molecular flexibility index (Phi) is 58.8. The average molecular weight is 1200 g/mol. The quantitative estimate of drug-likeness (QED) is 0.0358. The minimum absolute atomic E-state index is 0. The second-order valence-electron chi connectivity index (χ2n) is 25.3. The first-order valence-electron chi connectivity index (χ1n) is 36.1. The second kappa shape index (κ2) is 61.7. The van der Waals surface area contributed by atoms with E-state index in [9.17, 15) is 0 Å². The van der Waals surface area contributed by atoms with E-state index in [1.54, 1.807) is 0 Å². The van der Waals surface area contributed by atoms with Crippen LogP contribution in [0.15, 0.2) is 70.7 Å². The van der Waals surface area contributed by atoms with Crippen LogP contribution in [0.5, 0.6) is 0 Å². The summed E-state index contributed by atoms with van der Waals surface area (Å²) in [5, 5.41) is 0. The molecule has 0 saturated carbocycles. The molecule has 3 heteroatoms. The van der Waals surface area contributed by atoms with E-state index in [0.29, 0.717) is 0 Å². The number of rotatable bonds is 61. The summed E-state index contributed by atoms with van der Waals surface area (Å²) < 4.78 is 0. The van der Waals surface area contributed by atoms with Crippen LogP contribution < -0.4 is 0 Å². The number of unbranched alkanes of at least 4 members (excludes halogenated alkanes) is 52. The van der Waals surface area contributed by atoms with E-state index in [2.05, 4.69) is 88.4 Å². The van der Waals surface area contributed by atoms with Gasteiger partial charge in [-0.15, -0.1) is 0 Å². The summed E-state index contributed by atoms with van der Waals surface area (Å²) in [5.41, 5.74) is 6.96. The van der Waals surface area contributed by atoms with Crippen LogP contribution in [-0.2, 0) is 33.3 Å². The molecule has 0 spiro atoms. The van der Waals surface area contributed by atoms with Crippen molar-refractivity contribution in [2.75, 3.05) is 0 Å². The van der Waals surface area contributed by atoms with Crippen molar-refractivity contribution in [1.29, 1.82) is 0 Å². The van der Waals surface area contributed by atoms with Gasteiger partial charge in [0.1, 0.15) is 0 Å². The molecule has 0 fully saturated rings. The van der Waals surface area contributed by atoms with Gasteiger partial charge in [-0.3, -0.25) is 4.99 Å². The van der Waals surface area contributed by atoms with Crippen LogP contribution in [0.25, 0.3) is 0 Å². The summed E-state index contributed by atoms with van der Waals surface area (Å²) in [4.78, 5) is 10.5. The molecule has 0 aromatic heterocycles. The summed E-state index contributed by atoms with van der Waals surface area (Å²) >= 11 is 0. The number of aryl methyl sites for hydroxylation is 2. The van der Waals surface area contributed by atoms with Crippen LogP contribution >= 0.6 is 0 Å². The molecule has 2 aromatic carbocycles. The van der Waals surface area contributed by atoms with Gasteiger partial charge in [0.2, 0.25) is 0 Å². The monoisotopic (exact) mass is 1190 g/mol. The van der Waals surface area contributed by atoms with Gasteiger partial charge in [0.05, 0.1) is 22.8 Å². The Bertz CT molecular complexity index is 1660. The molecule has 0 saturated heterocycles. The molecular weight excluding hydrogens is 1060 g/mol. The molecule has 464 valence electrons. The second-order valence-corrected chi connectivity index (χ2v) is 25.3. The Labute approximate surface area is 515 Å². The summed E-state index contributed by atoms with van der Waals surface area (Å²) in [5.74, 6) is 0. The Morgan fingerprint density at radius 3 is 0.812 bits per heavy atom. The third kappa shape index (κ3) is 50.7. The summed E-state index contributed by atoms with van der Waals surface area (Å²) in [6, 6.07) is 18.1. The third-order valence-corrected chi connectivity index (χ3v) is 17.4. The first-order valence-corrected chi connectivity index (χ1v) is 36.1. The van der Waals surface area contributed by atoms with Crippen molar-refractivity contribution < 1.29 is 20.4 Å². The summed E-state index contributed by atoms with van der Waals surface area (Å²) in [6.45, 7) is 9.10. The molecule has 0 radical (unpaired) electrons. The molecule has 0 aliphatic rings. The zero-order chi connectivity index (χ0) is 56.3. The van der Waals surface area contributed by atoms with Crippen molar-refractivity contribution in [3.05, 3.63) is 71.8 Å². The van der Waals surface area contributed by atoms with E-state index in [1.807, 2.05) is 0 Å². The van der Waals surface area contributed by atoms with Crippen LogP contribution in [-0.4, -0.2) is 11.4 Å². The maximum absolute atomic E-state index is 5.30. The molecule has 0 amide bonds. The van der Waals surface area contributed by atoms with Crippen LogP contribution in [0.3, 0.4) is 0 Å². The van der Waals surface area contributed by atoms with Crippen molar-refractivity contribution in [3.63, 3.8) is 0 Å². The van der Waals surface area contributed by atoms with Crippen molar-refractivity contribution in [2.24, 2.45) is 9.98 Å². The van der Waals surface area contributed by atoms with Crippen LogP contribution in [0.1, 0.15) is 392 Å². The van der Waals surface area contributed by atoms with Crippen LogP contribution in [0, 0.1) is 0 Å². The van der Waals surface area contributed by atoms with E-state index in [0.717, 1.165) is 42.1 Å². The molecule has 0 unspecified atom stereocenters. The first-order chi connectivity index (χ1) is 39.2. The number of hydrogen-bond acceptors (Lipinski definition) is 2. The molecule has 2 aromatic rings. The predicted molar refractivity (Wildman–Crippen MR) is 360 cm³/mol. The Morgan fingerprint density at radius 1 is 0.300 bits per heavy atom. The SMILES string of the molecule is CCCCCCCCCCCCC=CC(=Nc1cccc(CCCCCCCCCCCCCCCCCCCCCCCC)c1)C(C)=Nc1cccc(CCCCCCCCCCCCCCCCCCCCCCCC)c1.[Pd]. The Hall–Kier alpha value is -1.82. The van der Waals surface area contributed by atoms with Gasteiger partial charge in [-0.05, 0) is 86.9 Å². The van der Waals surface area contributed by atoms with E-state index in [1.165, 1.54) is 358 Å². The normalized spacial score (nSPS) is 12.1. The van der Waals surface area contributed by atoms with Crippen molar-refractivity contribution in [1.82, 2.24) is 0 Å². The number of benzene rings is 2. The molecular formula is C77H136N2Pd. The molecule has 0 aliphatic heterocycles. The van der Waals surface area contributed by atoms with Gasteiger partial charge in [-0.2, -0.15) is 0 Å². The summed E-state index contributed by atoms with van der Waals surface area (Å²) in [6.07, 6.45) is 84.8. The smallest absolute Gasteiger partial charge is 0.0845 e. The largest absolute Gasteiger partial charge is 0.252 e. The number of nitrogens with zero attached hydrogens (tertiary/aromatic N) is 2. The van der Waals surface area contributed by atoms with Crippen LogP contribution in [0.4, 0.5) is 11.4 Å². The van der Waals surface area contributed by atoms with Crippen molar-refractivity contribution >= 4 is 22.8 Å². The van der Waals surface area contributed by atoms with E-state index >= 15 is 0 Å². The van der Waals surface area contributed by atoms with Gasteiger partial charge in [0.25, 0.3) is 0 Å². The molecule has 0 aliphatic carbocycles. The predicted octanol–water partition coefficient (Wildman–Crippen LogP) is 27.7. The Balaban J connectivity index is 0.0000320. The zero-order valence-corrected chi connectivity index (χ0v) is 55.8. The minimum Gasteiger partial charge on any atom is -0.252 e. The van der Waals surface area contributed by atoms with Gasteiger partial charge in [0, 0.05) is 20.4 Å². The number of allylic oxidation sites excluding steroid dienone is 2. The Morgan fingerprint density at radius 2 is 0.537 bits per heavy atom. The van der Waals surface area contributed by atoms with Crippen molar-refractivity contribution in [2.45, 2.75) is 394 Å². The van der Waals surface area contributed by atoms with Gasteiger partial charge >= 0.3 is 0 Å². The third-order valence-electron chi connectivity index (χ3n) is 17.4. The maximum atomic E-state index is 5.30. The molecule has 0 bridgehead atoms. The molecule has 0 atom stereocenters. The fourth-order valence-corrected chi connectivity index (χ4v) is 12.0. The van der Waals surface area contributed by atoms with E-state index in [-0.39, 0.29) is 20.4 Å². The van der Waals surface area contributed by atoms with Gasteiger partial charge in [0.15, 0.2) is 0 Å². The fraction of sp³-hybridized carbons (Fsp3) is 0.792. The first kappa shape index (κ1) is 76.2.